The van der Waals surface area contributed by atoms with Gasteiger partial charge < -0.3 is 15.0 Å². The van der Waals surface area contributed by atoms with Gasteiger partial charge in [0, 0.05) is 11.6 Å². The topological polar surface area (TPSA) is 61.3 Å². The first-order valence-corrected chi connectivity index (χ1v) is 5.62. The van der Waals surface area contributed by atoms with Crippen LogP contribution in [0.5, 0.6) is 5.75 Å². The van der Waals surface area contributed by atoms with Crippen molar-refractivity contribution in [2.24, 2.45) is 0 Å². The SMILES string of the molecule is COc1cc(F)c(C(C)C)cc1-c1cnoc1N. The van der Waals surface area contributed by atoms with Gasteiger partial charge in [0.15, 0.2) is 0 Å². The van der Waals surface area contributed by atoms with Crippen molar-refractivity contribution >= 4 is 5.88 Å². The number of ether oxygens (including phenoxy) is 1. The molecule has 18 heavy (non-hydrogen) atoms. The predicted molar refractivity (Wildman–Crippen MR) is 67.0 cm³/mol. The van der Waals surface area contributed by atoms with Crippen molar-refractivity contribution in [3.05, 3.63) is 29.7 Å². The summed E-state index contributed by atoms with van der Waals surface area (Å²) in [4.78, 5) is 0. The van der Waals surface area contributed by atoms with Gasteiger partial charge in [0.25, 0.3) is 0 Å². The highest BCUT2D eigenvalue weighted by Gasteiger charge is 2.17. The number of hydrogen-bond donors (Lipinski definition) is 1. The van der Waals surface area contributed by atoms with Crippen LogP contribution in [0.3, 0.4) is 0 Å². The van der Waals surface area contributed by atoms with E-state index >= 15 is 0 Å². The highest BCUT2D eigenvalue weighted by atomic mass is 19.1. The lowest BCUT2D eigenvalue weighted by Crippen LogP contribution is -1.98. The van der Waals surface area contributed by atoms with E-state index in [1.807, 2.05) is 13.8 Å². The number of nitrogens with zero attached hydrogens (tertiary/aromatic N) is 1. The molecule has 2 aromatic rings. The molecule has 2 rings (SSSR count). The number of hydrogen-bond acceptors (Lipinski definition) is 4. The smallest absolute Gasteiger partial charge is 0.230 e. The zero-order valence-corrected chi connectivity index (χ0v) is 10.5. The fraction of sp³-hybridized carbons (Fsp3) is 0.308. The van der Waals surface area contributed by atoms with Crippen molar-refractivity contribution < 1.29 is 13.7 Å². The first-order chi connectivity index (χ1) is 8.54. The molecule has 0 aliphatic heterocycles. The standard InChI is InChI=1S/C13H15FN2O2/c1-7(2)8-4-9(10-6-16-18-13(10)15)12(17-3)5-11(8)14/h4-7H,15H2,1-3H3. The quantitative estimate of drug-likeness (QED) is 0.908. The average molecular weight is 250 g/mol. The second-order valence-electron chi connectivity index (χ2n) is 4.33. The molecule has 2 N–H and O–H groups in total. The van der Waals surface area contributed by atoms with Gasteiger partial charge in [-0.2, -0.15) is 0 Å². The maximum absolute atomic E-state index is 13.9. The first kappa shape index (κ1) is 12.4. The molecule has 0 fully saturated rings. The molecule has 0 atom stereocenters. The van der Waals surface area contributed by atoms with Gasteiger partial charge in [-0.05, 0) is 17.5 Å². The molecule has 0 bridgehead atoms. The van der Waals surface area contributed by atoms with Crippen LogP contribution < -0.4 is 10.5 Å². The van der Waals surface area contributed by atoms with Crippen LogP contribution in [-0.2, 0) is 0 Å². The summed E-state index contributed by atoms with van der Waals surface area (Å²) in [6.07, 6.45) is 1.50. The molecule has 0 aliphatic rings. The van der Waals surface area contributed by atoms with Gasteiger partial charge in [0.05, 0.1) is 18.9 Å². The third kappa shape index (κ3) is 2.03. The molecule has 4 nitrogen and oxygen atoms in total. The second-order valence-corrected chi connectivity index (χ2v) is 4.33. The normalized spacial score (nSPS) is 10.9. The summed E-state index contributed by atoms with van der Waals surface area (Å²) in [6, 6.07) is 3.08. The number of benzene rings is 1. The summed E-state index contributed by atoms with van der Waals surface area (Å²) in [5.41, 5.74) is 7.57. The van der Waals surface area contributed by atoms with Gasteiger partial charge in [-0.3, -0.25) is 0 Å². The van der Waals surface area contributed by atoms with Crippen LogP contribution in [0, 0.1) is 5.82 Å². The monoisotopic (exact) mass is 250 g/mol. The van der Waals surface area contributed by atoms with Crippen molar-refractivity contribution in [1.29, 1.82) is 0 Å². The van der Waals surface area contributed by atoms with Crippen LogP contribution in [-0.4, -0.2) is 12.3 Å². The lowest BCUT2D eigenvalue weighted by atomic mass is 9.97. The third-order valence-corrected chi connectivity index (χ3v) is 2.83. The number of rotatable bonds is 3. The van der Waals surface area contributed by atoms with Crippen molar-refractivity contribution in [1.82, 2.24) is 5.16 Å². The van der Waals surface area contributed by atoms with E-state index in [-0.39, 0.29) is 17.6 Å². The fourth-order valence-corrected chi connectivity index (χ4v) is 1.84. The molecule has 1 aromatic heterocycles. The summed E-state index contributed by atoms with van der Waals surface area (Å²) >= 11 is 0. The first-order valence-electron chi connectivity index (χ1n) is 5.62. The van der Waals surface area contributed by atoms with Crippen LogP contribution in [0.25, 0.3) is 11.1 Å². The molecule has 0 amide bonds. The van der Waals surface area contributed by atoms with Crippen molar-refractivity contribution in [2.75, 3.05) is 12.8 Å². The Balaban J connectivity index is 2.65. The van der Waals surface area contributed by atoms with Gasteiger partial charge >= 0.3 is 0 Å². The molecule has 0 unspecified atom stereocenters. The van der Waals surface area contributed by atoms with E-state index < -0.39 is 0 Å². The predicted octanol–water partition coefficient (Wildman–Crippen LogP) is 3.19. The van der Waals surface area contributed by atoms with Crippen LogP contribution in [0.4, 0.5) is 10.3 Å². The molecule has 1 heterocycles. The van der Waals surface area contributed by atoms with Crippen LogP contribution in [0.2, 0.25) is 0 Å². The number of nitrogens with two attached hydrogens (primary N) is 1. The summed E-state index contributed by atoms with van der Waals surface area (Å²) in [7, 11) is 1.48. The van der Waals surface area contributed by atoms with E-state index in [0.717, 1.165) is 0 Å². The van der Waals surface area contributed by atoms with E-state index in [4.69, 9.17) is 15.0 Å². The zero-order valence-electron chi connectivity index (χ0n) is 10.5. The largest absolute Gasteiger partial charge is 0.496 e. The van der Waals surface area contributed by atoms with Crippen LogP contribution in [0.1, 0.15) is 25.3 Å². The molecule has 1 aromatic carbocycles. The van der Waals surface area contributed by atoms with Gasteiger partial charge in [-0.1, -0.05) is 19.0 Å². The minimum Gasteiger partial charge on any atom is -0.496 e. The highest BCUT2D eigenvalue weighted by Crippen LogP contribution is 2.37. The van der Waals surface area contributed by atoms with E-state index in [2.05, 4.69) is 5.16 Å². The average Bonchev–Trinajstić information content (AvgIpc) is 2.74. The lowest BCUT2D eigenvalue weighted by Gasteiger charge is -2.13. The Hall–Kier alpha value is -2.04. The number of anilines is 1. The molecule has 0 saturated carbocycles. The summed E-state index contributed by atoms with van der Waals surface area (Å²) < 4.78 is 23.9. The molecular formula is C13H15FN2O2. The van der Waals surface area contributed by atoms with Crippen molar-refractivity contribution in [3.63, 3.8) is 0 Å². The molecule has 0 saturated heterocycles. The van der Waals surface area contributed by atoms with Crippen molar-refractivity contribution in [2.45, 2.75) is 19.8 Å². The third-order valence-electron chi connectivity index (χ3n) is 2.83. The Morgan fingerprint density at radius 1 is 1.33 bits per heavy atom. The van der Waals surface area contributed by atoms with Crippen LogP contribution in [0.15, 0.2) is 22.9 Å². The Bertz CT molecular complexity index is 564. The maximum atomic E-state index is 13.9. The minimum absolute atomic E-state index is 0.0655. The summed E-state index contributed by atoms with van der Waals surface area (Å²) in [6.45, 7) is 3.84. The minimum atomic E-state index is -0.291. The summed E-state index contributed by atoms with van der Waals surface area (Å²) in [5, 5.41) is 3.62. The number of methoxy groups -OCH3 is 1. The van der Waals surface area contributed by atoms with E-state index in [9.17, 15) is 4.39 Å². The second kappa shape index (κ2) is 4.68. The van der Waals surface area contributed by atoms with Crippen molar-refractivity contribution in [3.8, 4) is 16.9 Å². The zero-order chi connectivity index (χ0) is 13.3. The molecular weight excluding hydrogens is 235 g/mol. The number of aromatic nitrogens is 1. The molecule has 5 heteroatoms. The Morgan fingerprint density at radius 2 is 2.06 bits per heavy atom. The van der Waals surface area contributed by atoms with Gasteiger partial charge in [-0.15, -0.1) is 0 Å². The van der Waals surface area contributed by atoms with Gasteiger partial charge in [-0.25, -0.2) is 4.39 Å². The van der Waals surface area contributed by atoms with E-state index in [1.54, 1.807) is 6.07 Å². The number of nitrogen functional groups attached to an aromatic ring is 1. The Labute approximate surface area is 105 Å². The molecule has 96 valence electrons. The molecule has 0 radical (unpaired) electrons. The van der Waals surface area contributed by atoms with E-state index in [1.165, 1.54) is 19.4 Å². The van der Waals surface area contributed by atoms with E-state index in [0.29, 0.717) is 22.4 Å². The Morgan fingerprint density at radius 3 is 2.56 bits per heavy atom. The molecule has 0 spiro atoms. The molecule has 0 aliphatic carbocycles. The lowest BCUT2D eigenvalue weighted by molar-refractivity contribution is 0.412. The highest BCUT2D eigenvalue weighted by molar-refractivity contribution is 5.77. The Kier molecular flexibility index (Phi) is 3.23. The summed E-state index contributed by atoms with van der Waals surface area (Å²) in [5.74, 6) is 0.373. The number of halogens is 1. The van der Waals surface area contributed by atoms with Gasteiger partial charge in [0.2, 0.25) is 5.88 Å². The fourth-order valence-electron chi connectivity index (χ4n) is 1.84. The van der Waals surface area contributed by atoms with Crippen LogP contribution >= 0.6 is 0 Å². The van der Waals surface area contributed by atoms with Gasteiger partial charge in [0.1, 0.15) is 11.6 Å². The maximum Gasteiger partial charge on any atom is 0.230 e.